The van der Waals surface area contributed by atoms with Crippen LogP contribution in [0, 0.1) is 0 Å². The lowest BCUT2D eigenvalue weighted by molar-refractivity contribution is -0.155. The Bertz CT molecular complexity index is 601. The molecule has 0 spiro atoms. The molecule has 22 heavy (non-hydrogen) atoms. The molecule has 5 nitrogen and oxygen atoms in total. The molecule has 0 radical (unpaired) electrons. The highest BCUT2D eigenvalue weighted by Gasteiger charge is 2.42. The second-order valence-corrected chi connectivity index (χ2v) is 6.53. The number of carbonyl (C=O) groups excluding carboxylic acids is 2. The third-order valence-electron chi connectivity index (χ3n) is 3.23. The standard InChI is InChI=1S/C17H21NO4/c1-16(2,3)22-13(19)10-11-17(4)15(20)21-14(18-17)12-8-6-5-7-9-12/h5-9H,10-11H2,1-4H3. The van der Waals surface area contributed by atoms with Gasteiger partial charge in [0.05, 0.1) is 0 Å². The molecule has 5 heteroatoms. The monoisotopic (exact) mass is 303 g/mol. The summed E-state index contributed by atoms with van der Waals surface area (Å²) in [5.74, 6) is -0.475. The zero-order valence-corrected chi connectivity index (χ0v) is 13.4. The van der Waals surface area contributed by atoms with Crippen LogP contribution in [0.3, 0.4) is 0 Å². The van der Waals surface area contributed by atoms with Crippen molar-refractivity contribution in [2.45, 2.75) is 51.7 Å². The highest BCUT2D eigenvalue weighted by molar-refractivity contribution is 6.07. The van der Waals surface area contributed by atoms with Gasteiger partial charge in [0.15, 0.2) is 5.54 Å². The first kappa shape index (κ1) is 16.2. The molecule has 1 aliphatic rings. The van der Waals surface area contributed by atoms with Crippen LogP contribution in [-0.2, 0) is 19.1 Å². The highest BCUT2D eigenvalue weighted by Crippen LogP contribution is 2.28. The summed E-state index contributed by atoms with van der Waals surface area (Å²) in [7, 11) is 0. The largest absolute Gasteiger partial charge is 0.460 e. The molecule has 1 aliphatic heterocycles. The van der Waals surface area contributed by atoms with Crippen LogP contribution in [0.1, 0.15) is 46.1 Å². The average molecular weight is 303 g/mol. The molecule has 0 saturated carbocycles. The van der Waals surface area contributed by atoms with Crippen molar-refractivity contribution in [3.63, 3.8) is 0 Å². The molecule has 1 aromatic carbocycles. The van der Waals surface area contributed by atoms with Crippen LogP contribution in [0.15, 0.2) is 35.3 Å². The number of aliphatic imine (C=N–C) groups is 1. The molecule has 2 rings (SSSR count). The summed E-state index contributed by atoms with van der Waals surface area (Å²) < 4.78 is 10.5. The van der Waals surface area contributed by atoms with Crippen molar-refractivity contribution in [1.82, 2.24) is 0 Å². The van der Waals surface area contributed by atoms with Gasteiger partial charge in [-0.2, -0.15) is 0 Å². The maximum atomic E-state index is 12.1. The molecule has 0 aromatic heterocycles. The summed E-state index contributed by atoms with van der Waals surface area (Å²) in [5.41, 5.74) is -0.828. The van der Waals surface area contributed by atoms with Crippen LogP contribution in [0.2, 0.25) is 0 Å². The van der Waals surface area contributed by atoms with Crippen molar-refractivity contribution in [3.8, 4) is 0 Å². The van der Waals surface area contributed by atoms with Crippen LogP contribution >= 0.6 is 0 Å². The third kappa shape index (κ3) is 3.93. The van der Waals surface area contributed by atoms with E-state index in [-0.39, 0.29) is 18.8 Å². The smallest absolute Gasteiger partial charge is 0.340 e. The molecule has 0 amide bonds. The molecule has 118 valence electrons. The Labute approximate surface area is 130 Å². The van der Waals surface area contributed by atoms with Crippen molar-refractivity contribution >= 4 is 17.8 Å². The Morgan fingerprint density at radius 1 is 1.27 bits per heavy atom. The van der Waals surface area contributed by atoms with Crippen molar-refractivity contribution in [2.75, 3.05) is 0 Å². The first-order chi connectivity index (χ1) is 10.2. The maximum Gasteiger partial charge on any atom is 0.340 e. The van der Waals surface area contributed by atoms with Gasteiger partial charge in [-0.15, -0.1) is 0 Å². The van der Waals surface area contributed by atoms with Crippen LogP contribution in [0.5, 0.6) is 0 Å². The summed E-state index contributed by atoms with van der Waals surface area (Å²) in [6.45, 7) is 7.10. The van der Waals surface area contributed by atoms with Crippen molar-refractivity contribution in [3.05, 3.63) is 35.9 Å². The van der Waals surface area contributed by atoms with Crippen LogP contribution in [0.4, 0.5) is 0 Å². The fourth-order valence-corrected chi connectivity index (χ4v) is 2.09. The molecule has 1 atom stereocenters. The van der Waals surface area contributed by atoms with Crippen molar-refractivity contribution in [2.24, 2.45) is 4.99 Å². The van der Waals surface area contributed by atoms with E-state index >= 15 is 0 Å². The first-order valence-corrected chi connectivity index (χ1v) is 7.29. The number of rotatable bonds is 4. The Hall–Kier alpha value is -2.17. The lowest BCUT2D eigenvalue weighted by Crippen LogP contribution is -2.32. The van der Waals surface area contributed by atoms with E-state index in [0.29, 0.717) is 5.90 Å². The van der Waals surface area contributed by atoms with E-state index in [0.717, 1.165) is 5.56 Å². The van der Waals surface area contributed by atoms with Crippen molar-refractivity contribution in [1.29, 1.82) is 0 Å². The minimum atomic E-state index is -1.04. The number of hydrogen-bond acceptors (Lipinski definition) is 5. The van der Waals surface area contributed by atoms with Gasteiger partial charge in [0.25, 0.3) is 0 Å². The molecule has 0 saturated heterocycles. The first-order valence-electron chi connectivity index (χ1n) is 7.29. The summed E-state index contributed by atoms with van der Waals surface area (Å²) in [4.78, 5) is 28.3. The zero-order chi connectivity index (χ0) is 16.4. The van der Waals surface area contributed by atoms with Gasteiger partial charge in [-0.25, -0.2) is 9.79 Å². The molecular weight excluding hydrogens is 282 g/mol. The Morgan fingerprint density at radius 2 is 1.91 bits per heavy atom. The predicted molar refractivity (Wildman–Crippen MR) is 82.6 cm³/mol. The second-order valence-electron chi connectivity index (χ2n) is 6.53. The van der Waals surface area contributed by atoms with Gasteiger partial charge >= 0.3 is 11.9 Å². The number of benzene rings is 1. The predicted octanol–water partition coefficient (Wildman–Crippen LogP) is 2.87. The van der Waals surface area contributed by atoms with Gasteiger partial charge in [0.2, 0.25) is 5.90 Å². The Morgan fingerprint density at radius 3 is 2.50 bits per heavy atom. The fraction of sp³-hybridized carbons (Fsp3) is 0.471. The molecule has 0 aliphatic carbocycles. The third-order valence-corrected chi connectivity index (χ3v) is 3.23. The molecular formula is C17H21NO4. The van der Waals surface area contributed by atoms with E-state index in [1.54, 1.807) is 6.92 Å². The Kier molecular flexibility index (Phi) is 4.35. The summed E-state index contributed by atoms with van der Waals surface area (Å²) in [6.07, 6.45) is 0.380. The summed E-state index contributed by atoms with van der Waals surface area (Å²) in [5, 5.41) is 0. The molecule has 0 N–H and O–H groups in total. The van der Waals surface area contributed by atoms with Gasteiger partial charge in [-0.05, 0) is 46.2 Å². The lowest BCUT2D eigenvalue weighted by atomic mass is 9.97. The quantitative estimate of drug-likeness (QED) is 0.802. The number of ether oxygens (including phenoxy) is 2. The van der Waals surface area contributed by atoms with E-state index in [2.05, 4.69) is 4.99 Å². The summed E-state index contributed by atoms with van der Waals surface area (Å²) in [6, 6.07) is 9.23. The van der Waals surface area contributed by atoms with E-state index in [1.165, 1.54) is 0 Å². The summed E-state index contributed by atoms with van der Waals surface area (Å²) >= 11 is 0. The van der Waals surface area contributed by atoms with Crippen LogP contribution in [-0.4, -0.2) is 29.0 Å². The fourth-order valence-electron chi connectivity index (χ4n) is 2.09. The van der Waals surface area contributed by atoms with E-state index in [1.807, 2.05) is 51.1 Å². The number of nitrogens with zero attached hydrogens (tertiary/aromatic N) is 1. The number of carbonyl (C=O) groups is 2. The second kappa shape index (κ2) is 5.91. The molecule has 0 bridgehead atoms. The minimum Gasteiger partial charge on any atom is -0.460 e. The van der Waals surface area contributed by atoms with Crippen LogP contribution < -0.4 is 0 Å². The number of cyclic esters (lactones) is 1. The topological polar surface area (TPSA) is 65.0 Å². The van der Waals surface area contributed by atoms with Gasteiger partial charge in [-0.3, -0.25) is 4.79 Å². The molecule has 1 unspecified atom stereocenters. The normalized spacial score (nSPS) is 21.3. The minimum absolute atomic E-state index is 0.119. The van der Waals surface area contributed by atoms with Gasteiger partial charge < -0.3 is 9.47 Å². The molecule has 1 aromatic rings. The van der Waals surface area contributed by atoms with Gasteiger partial charge in [-0.1, -0.05) is 18.2 Å². The molecule has 0 fully saturated rings. The average Bonchev–Trinajstić information content (AvgIpc) is 2.73. The highest BCUT2D eigenvalue weighted by atomic mass is 16.6. The molecule has 1 heterocycles. The van der Waals surface area contributed by atoms with Gasteiger partial charge in [0, 0.05) is 12.0 Å². The lowest BCUT2D eigenvalue weighted by Gasteiger charge is -2.21. The van der Waals surface area contributed by atoms with Crippen LogP contribution in [0.25, 0.3) is 0 Å². The van der Waals surface area contributed by atoms with Crippen molar-refractivity contribution < 1.29 is 19.1 Å². The zero-order valence-electron chi connectivity index (χ0n) is 13.4. The van der Waals surface area contributed by atoms with E-state index in [9.17, 15) is 9.59 Å². The number of hydrogen-bond donors (Lipinski definition) is 0. The number of esters is 2. The van der Waals surface area contributed by atoms with E-state index in [4.69, 9.17) is 9.47 Å². The maximum absolute atomic E-state index is 12.1. The van der Waals surface area contributed by atoms with Gasteiger partial charge in [0.1, 0.15) is 5.60 Å². The van der Waals surface area contributed by atoms with E-state index < -0.39 is 17.1 Å². The SMILES string of the molecule is CC(C)(C)OC(=O)CCC1(C)N=C(c2ccccc2)OC1=O. The Balaban J connectivity index is 2.05.